The van der Waals surface area contributed by atoms with E-state index in [0.29, 0.717) is 24.7 Å². The zero-order chi connectivity index (χ0) is 19.1. The van der Waals surface area contributed by atoms with Crippen LogP contribution < -0.4 is 10.9 Å². The molecule has 0 saturated heterocycles. The molecule has 3 rings (SSSR count). The number of hydrogen-bond donors (Lipinski definition) is 2. The van der Waals surface area contributed by atoms with Crippen molar-refractivity contribution in [3.63, 3.8) is 0 Å². The van der Waals surface area contributed by atoms with Crippen molar-refractivity contribution in [1.82, 2.24) is 19.5 Å². The molecule has 0 aromatic carbocycles. The van der Waals surface area contributed by atoms with Gasteiger partial charge >= 0.3 is 5.92 Å². The summed E-state index contributed by atoms with van der Waals surface area (Å²) in [6.45, 7) is 3.97. The lowest BCUT2D eigenvalue weighted by Gasteiger charge is -2.11. The van der Waals surface area contributed by atoms with E-state index in [0.717, 1.165) is 17.0 Å². The third-order valence-corrected chi connectivity index (χ3v) is 3.85. The van der Waals surface area contributed by atoms with Crippen molar-refractivity contribution in [2.45, 2.75) is 33.1 Å². The number of amides is 1. The Labute approximate surface area is 147 Å². The maximum Gasteiger partial charge on any atom is 0.302 e. The first-order valence-corrected chi connectivity index (χ1v) is 7.96. The zero-order valence-electron chi connectivity index (χ0n) is 14.4. The second kappa shape index (κ2) is 6.32. The molecule has 136 valence electrons. The molecule has 0 radical (unpaired) electrons. The molecule has 0 saturated carbocycles. The minimum atomic E-state index is -3.28. The molecule has 0 bridgehead atoms. The van der Waals surface area contributed by atoms with E-state index in [1.165, 1.54) is 6.92 Å². The first kappa shape index (κ1) is 17.7. The van der Waals surface area contributed by atoms with Crippen LogP contribution in [0.5, 0.6) is 0 Å². The Morgan fingerprint density at radius 2 is 2.12 bits per heavy atom. The number of aryl methyl sites for hydroxylation is 1. The van der Waals surface area contributed by atoms with Gasteiger partial charge in [-0.2, -0.15) is 8.78 Å². The van der Waals surface area contributed by atoms with Crippen LogP contribution in [0.1, 0.15) is 32.2 Å². The van der Waals surface area contributed by atoms with Crippen LogP contribution in [0.4, 0.5) is 14.6 Å². The lowest BCUT2D eigenvalue weighted by Crippen LogP contribution is -2.21. The van der Waals surface area contributed by atoms with Crippen molar-refractivity contribution in [3.8, 4) is 5.82 Å². The number of rotatable bonds is 4. The number of aromatic amines is 1. The van der Waals surface area contributed by atoms with Crippen LogP contribution in [0.3, 0.4) is 0 Å². The minimum Gasteiger partial charge on any atom is -0.311 e. The van der Waals surface area contributed by atoms with Crippen LogP contribution in [-0.2, 0) is 17.1 Å². The normalized spacial score (nSPS) is 11.7. The van der Waals surface area contributed by atoms with Gasteiger partial charge in [0.05, 0.1) is 5.52 Å². The van der Waals surface area contributed by atoms with Crippen LogP contribution >= 0.6 is 0 Å². The number of alkyl halides is 2. The topological polar surface area (TPSA) is 92.7 Å². The Morgan fingerprint density at radius 1 is 1.38 bits per heavy atom. The van der Waals surface area contributed by atoms with E-state index in [1.54, 1.807) is 23.0 Å². The molecule has 3 aromatic heterocycles. The number of H-pyrrole nitrogens is 1. The Morgan fingerprint density at radius 3 is 2.73 bits per heavy atom. The quantitative estimate of drug-likeness (QED) is 0.747. The Bertz CT molecular complexity index is 1050. The molecule has 3 heterocycles. The van der Waals surface area contributed by atoms with Gasteiger partial charge in [0.1, 0.15) is 11.6 Å². The van der Waals surface area contributed by atoms with Crippen molar-refractivity contribution in [1.29, 1.82) is 0 Å². The summed E-state index contributed by atoms with van der Waals surface area (Å²) in [5.74, 6) is -3.90. The summed E-state index contributed by atoms with van der Waals surface area (Å²) in [5.41, 5.74) is 0.834. The summed E-state index contributed by atoms with van der Waals surface area (Å²) < 4.78 is 28.8. The first-order chi connectivity index (χ1) is 12.2. The number of halogens is 2. The van der Waals surface area contributed by atoms with Gasteiger partial charge in [0.15, 0.2) is 5.82 Å². The van der Waals surface area contributed by atoms with E-state index in [9.17, 15) is 18.4 Å². The highest BCUT2D eigenvalue weighted by Crippen LogP contribution is 2.27. The molecule has 0 aliphatic heterocycles. The Hall–Kier alpha value is -3.10. The fourth-order valence-corrected chi connectivity index (χ4v) is 2.68. The number of carbonyl (C=O) groups excluding carboxylic acids is 1. The van der Waals surface area contributed by atoms with Crippen LogP contribution in [0.25, 0.3) is 16.7 Å². The molecule has 7 nitrogen and oxygen atoms in total. The van der Waals surface area contributed by atoms with Crippen molar-refractivity contribution in [3.05, 3.63) is 46.3 Å². The first-order valence-electron chi connectivity index (χ1n) is 7.96. The van der Waals surface area contributed by atoms with Gasteiger partial charge in [-0.25, -0.2) is 9.97 Å². The van der Waals surface area contributed by atoms with E-state index in [-0.39, 0.29) is 11.7 Å². The molecule has 2 N–H and O–H groups in total. The highest BCUT2D eigenvalue weighted by atomic mass is 19.3. The van der Waals surface area contributed by atoms with Gasteiger partial charge in [-0.1, -0.05) is 6.92 Å². The summed E-state index contributed by atoms with van der Waals surface area (Å²) in [7, 11) is 0. The van der Waals surface area contributed by atoms with Gasteiger partial charge in [-0.3, -0.25) is 9.59 Å². The lowest BCUT2D eigenvalue weighted by molar-refractivity contribution is -0.114. The van der Waals surface area contributed by atoms with Gasteiger partial charge < -0.3 is 14.9 Å². The van der Waals surface area contributed by atoms with Gasteiger partial charge in [0.2, 0.25) is 5.91 Å². The molecule has 26 heavy (non-hydrogen) atoms. The predicted octanol–water partition coefficient (Wildman–Crippen LogP) is 2.74. The monoisotopic (exact) mass is 361 g/mol. The van der Waals surface area contributed by atoms with E-state index >= 15 is 0 Å². The van der Waals surface area contributed by atoms with Crippen molar-refractivity contribution in [2.75, 3.05) is 5.32 Å². The predicted molar refractivity (Wildman–Crippen MR) is 92.7 cm³/mol. The molecule has 1 amide bonds. The van der Waals surface area contributed by atoms with E-state index in [4.69, 9.17) is 0 Å². The number of anilines is 1. The minimum absolute atomic E-state index is 0.0648. The van der Waals surface area contributed by atoms with Crippen molar-refractivity contribution in [2.24, 2.45) is 0 Å². The highest BCUT2D eigenvalue weighted by Gasteiger charge is 2.28. The second-order valence-corrected chi connectivity index (χ2v) is 5.99. The number of carbonyl (C=O) groups is 1. The molecule has 0 atom stereocenters. The number of fused-ring (bicyclic) bond motifs is 1. The zero-order valence-corrected chi connectivity index (χ0v) is 14.4. The van der Waals surface area contributed by atoms with E-state index in [2.05, 4.69) is 20.3 Å². The third kappa shape index (κ3) is 3.32. The SMILES string of the molecule is CCc1cn(-c2cc(=O)[nH]c(C(C)(F)F)n2)c2cc(NC(C)=O)ncc12. The molecule has 3 aromatic rings. The van der Waals surface area contributed by atoms with Gasteiger partial charge in [0, 0.05) is 43.8 Å². The molecule has 0 fully saturated rings. The third-order valence-electron chi connectivity index (χ3n) is 3.85. The number of aromatic nitrogens is 4. The van der Waals surface area contributed by atoms with Gasteiger partial charge in [-0.05, 0) is 12.0 Å². The summed E-state index contributed by atoms with van der Waals surface area (Å²) in [6, 6.07) is 2.76. The second-order valence-electron chi connectivity index (χ2n) is 5.99. The van der Waals surface area contributed by atoms with Gasteiger partial charge in [-0.15, -0.1) is 0 Å². The van der Waals surface area contributed by atoms with Crippen LogP contribution in [0.2, 0.25) is 0 Å². The molecular weight excluding hydrogens is 344 g/mol. The Balaban J connectivity index is 2.26. The standard InChI is InChI=1S/C17H17F2N5O2/c1-4-10-8-24(12-5-13(21-9(2)25)20-7-11(10)12)14-6-15(26)23-16(22-14)17(3,18)19/h5-8H,4H2,1-3H3,(H,20,21,25)(H,22,23,26). The molecule has 0 aliphatic carbocycles. The van der Waals surface area contributed by atoms with Crippen LogP contribution in [0.15, 0.2) is 29.3 Å². The summed E-state index contributed by atoms with van der Waals surface area (Å²) in [6.07, 6.45) is 3.99. The summed E-state index contributed by atoms with van der Waals surface area (Å²) >= 11 is 0. The van der Waals surface area contributed by atoms with Crippen molar-refractivity contribution < 1.29 is 13.6 Å². The molecule has 0 aliphatic rings. The van der Waals surface area contributed by atoms with Gasteiger partial charge in [0.25, 0.3) is 5.56 Å². The average Bonchev–Trinajstić information content (AvgIpc) is 2.91. The van der Waals surface area contributed by atoms with Crippen molar-refractivity contribution >= 4 is 22.6 Å². The smallest absolute Gasteiger partial charge is 0.302 e. The maximum absolute atomic E-state index is 13.6. The summed E-state index contributed by atoms with van der Waals surface area (Å²) in [4.78, 5) is 33.3. The maximum atomic E-state index is 13.6. The van der Waals surface area contributed by atoms with E-state index in [1.807, 2.05) is 6.92 Å². The lowest BCUT2D eigenvalue weighted by atomic mass is 10.2. The highest BCUT2D eigenvalue weighted by molar-refractivity contribution is 5.92. The van der Waals surface area contributed by atoms with E-state index < -0.39 is 17.3 Å². The average molecular weight is 361 g/mol. The van der Waals surface area contributed by atoms with Crippen LogP contribution in [0, 0.1) is 0 Å². The number of nitrogens with one attached hydrogen (secondary N) is 2. The Kier molecular flexibility index (Phi) is 4.31. The fraction of sp³-hybridized carbons (Fsp3) is 0.294. The van der Waals surface area contributed by atoms with Crippen LogP contribution in [-0.4, -0.2) is 25.4 Å². The largest absolute Gasteiger partial charge is 0.311 e. The number of pyridine rings is 1. The molecule has 0 unspecified atom stereocenters. The fourth-order valence-electron chi connectivity index (χ4n) is 2.68. The number of nitrogens with zero attached hydrogens (tertiary/aromatic N) is 3. The molecule has 0 spiro atoms. The summed E-state index contributed by atoms with van der Waals surface area (Å²) in [5, 5.41) is 3.36. The molecular formula is C17H17F2N5O2. The number of hydrogen-bond acceptors (Lipinski definition) is 4. The molecule has 9 heteroatoms.